The number of hydrogen-bond donors (Lipinski definition) is 0. The molecule has 0 saturated heterocycles. The van der Waals surface area contributed by atoms with E-state index in [0.29, 0.717) is 5.69 Å². The molecular weight excluding hydrogens is 228 g/mol. The van der Waals surface area contributed by atoms with Crippen molar-refractivity contribution in [3.8, 4) is 6.07 Å². The van der Waals surface area contributed by atoms with E-state index in [1.54, 1.807) is 6.07 Å². The Kier molecular flexibility index (Phi) is 3.89. The average Bonchev–Trinajstić information content (AvgIpc) is 2.28. The van der Waals surface area contributed by atoms with Crippen LogP contribution < -0.4 is 0 Å². The van der Waals surface area contributed by atoms with E-state index in [1.807, 2.05) is 0 Å². The highest BCUT2D eigenvalue weighted by Gasteiger charge is 2.13. The van der Waals surface area contributed by atoms with Crippen LogP contribution in [0.1, 0.15) is 6.42 Å². The van der Waals surface area contributed by atoms with Crippen molar-refractivity contribution in [1.82, 2.24) is 0 Å². The lowest BCUT2D eigenvalue weighted by molar-refractivity contribution is 0.596. The van der Waals surface area contributed by atoms with Gasteiger partial charge in [-0.05, 0) is 17.7 Å². The highest BCUT2D eigenvalue weighted by molar-refractivity contribution is 7.91. The molecule has 1 aromatic rings. The molecule has 0 aliphatic rings. The Bertz CT molecular complexity index is 550. The van der Waals surface area contributed by atoms with Gasteiger partial charge in [-0.2, -0.15) is 5.26 Å². The molecule has 0 atom stereocenters. The molecule has 0 unspecified atom stereocenters. The SMILES string of the molecule is N#CCCS(=O)(=O)c1ccc(N=[N+]=[N-])cc1. The third-order valence-corrected chi connectivity index (χ3v) is 3.57. The van der Waals surface area contributed by atoms with Crippen LogP contribution in [-0.4, -0.2) is 14.2 Å². The van der Waals surface area contributed by atoms with E-state index in [2.05, 4.69) is 10.0 Å². The van der Waals surface area contributed by atoms with E-state index in [0.717, 1.165) is 0 Å². The molecular formula is C9H8N4O2S. The minimum atomic E-state index is -3.41. The number of sulfone groups is 1. The van der Waals surface area contributed by atoms with Crippen molar-refractivity contribution in [3.63, 3.8) is 0 Å². The summed E-state index contributed by atoms with van der Waals surface area (Å²) in [5, 5.41) is 11.6. The van der Waals surface area contributed by atoms with Crippen LogP contribution in [0, 0.1) is 11.3 Å². The fourth-order valence-corrected chi connectivity index (χ4v) is 2.22. The Morgan fingerprint density at radius 1 is 1.38 bits per heavy atom. The van der Waals surface area contributed by atoms with Gasteiger partial charge in [0.05, 0.1) is 16.7 Å². The lowest BCUT2D eigenvalue weighted by atomic mass is 10.3. The Hall–Kier alpha value is -2.03. The first kappa shape index (κ1) is 12.0. The fraction of sp³-hybridized carbons (Fsp3) is 0.222. The van der Waals surface area contributed by atoms with Crippen LogP contribution in [0.3, 0.4) is 0 Å². The molecule has 0 heterocycles. The fourth-order valence-electron chi connectivity index (χ4n) is 1.07. The monoisotopic (exact) mass is 236 g/mol. The maximum Gasteiger partial charge on any atom is 0.179 e. The molecule has 16 heavy (non-hydrogen) atoms. The van der Waals surface area contributed by atoms with Crippen molar-refractivity contribution >= 4 is 15.5 Å². The third-order valence-electron chi connectivity index (χ3n) is 1.84. The molecule has 6 nitrogen and oxygen atoms in total. The summed E-state index contributed by atoms with van der Waals surface area (Å²) in [5.74, 6) is -0.204. The van der Waals surface area contributed by atoms with Crippen LogP contribution in [0.4, 0.5) is 5.69 Å². The number of rotatable bonds is 4. The Labute approximate surface area is 92.7 Å². The largest absolute Gasteiger partial charge is 0.224 e. The van der Waals surface area contributed by atoms with Crippen LogP contribution in [0.25, 0.3) is 10.4 Å². The third kappa shape index (κ3) is 2.98. The minimum Gasteiger partial charge on any atom is -0.224 e. The highest BCUT2D eigenvalue weighted by Crippen LogP contribution is 2.17. The number of nitrogens with zero attached hydrogens (tertiary/aromatic N) is 4. The first-order chi connectivity index (χ1) is 7.60. The van der Waals surface area contributed by atoms with Gasteiger partial charge in [-0.1, -0.05) is 17.2 Å². The second-order valence-corrected chi connectivity index (χ2v) is 5.02. The molecule has 0 amide bonds. The Morgan fingerprint density at radius 2 is 2.00 bits per heavy atom. The molecule has 0 aliphatic carbocycles. The smallest absolute Gasteiger partial charge is 0.179 e. The van der Waals surface area contributed by atoms with Crippen molar-refractivity contribution in [1.29, 1.82) is 5.26 Å². The molecule has 0 radical (unpaired) electrons. The van der Waals surface area contributed by atoms with Crippen LogP contribution >= 0.6 is 0 Å². The van der Waals surface area contributed by atoms with Crippen molar-refractivity contribution in [3.05, 3.63) is 34.7 Å². The Morgan fingerprint density at radius 3 is 2.50 bits per heavy atom. The van der Waals surface area contributed by atoms with Gasteiger partial charge >= 0.3 is 0 Å². The molecule has 0 bridgehead atoms. The van der Waals surface area contributed by atoms with E-state index in [1.165, 1.54) is 24.3 Å². The molecule has 1 aromatic carbocycles. The van der Waals surface area contributed by atoms with E-state index < -0.39 is 9.84 Å². The quantitative estimate of drug-likeness (QED) is 0.454. The van der Waals surface area contributed by atoms with Crippen molar-refractivity contribution in [2.24, 2.45) is 5.11 Å². The molecule has 1 rings (SSSR count). The summed E-state index contributed by atoms with van der Waals surface area (Å²) < 4.78 is 23.2. The molecule has 0 aromatic heterocycles. The first-order valence-corrected chi connectivity index (χ1v) is 6.00. The van der Waals surface area contributed by atoms with Gasteiger partial charge in [0.2, 0.25) is 0 Å². The van der Waals surface area contributed by atoms with Gasteiger partial charge in [0.1, 0.15) is 0 Å². The van der Waals surface area contributed by atoms with Gasteiger partial charge in [-0.25, -0.2) is 8.42 Å². The number of azide groups is 1. The van der Waals surface area contributed by atoms with E-state index in [9.17, 15) is 8.42 Å². The second kappa shape index (κ2) is 5.16. The zero-order valence-corrected chi connectivity index (χ0v) is 9.05. The van der Waals surface area contributed by atoms with E-state index >= 15 is 0 Å². The van der Waals surface area contributed by atoms with Gasteiger partial charge in [0.15, 0.2) is 9.84 Å². The summed E-state index contributed by atoms with van der Waals surface area (Å²) in [6, 6.07) is 7.33. The van der Waals surface area contributed by atoms with E-state index in [4.69, 9.17) is 10.8 Å². The van der Waals surface area contributed by atoms with Gasteiger partial charge in [-0.3, -0.25) is 0 Å². The summed E-state index contributed by atoms with van der Waals surface area (Å²) in [6.45, 7) is 0. The lowest BCUT2D eigenvalue weighted by Crippen LogP contribution is -2.05. The number of benzene rings is 1. The van der Waals surface area contributed by atoms with Gasteiger partial charge in [-0.15, -0.1) is 0 Å². The maximum absolute atomic E-state index is 11.6. The van der Waals surface area contributed by atoms with Gasteiger partial charge in [0.25, 0.3) is 0 Å². The molecule has 0 N–H and O–H groups in total. The lowest BCUT2D eigenvalue weighted by Gasteiger charge is -2.01. The predicted octanol–water partition coefficient (Wildman–Crippen LogP) is 2.32. The maximum atomic E-state index is 11.6. The highest BCUT2D eigenvalue weighted by atomic mass is 32.2. The van der Waals surface area contributed by atoms with Crippen LogP contribution in [0.2, 0.25) is 0 Å². The standard InChI is InChI=1S/C9H8N4O2S/c10-6-1-7-16(14,15)9-4-2-8(3-5-9)12-13-11/h2-5H,1,7H2. The average molecular weight is 236 g/mol. The van der Waals surface area contributed by atoms with Crippen LogP contribution in [-0.2, 0) is 9.84 Å². The molecule has 82 valence electrons. The topological polar surface area (TPSA) is 107 Å². The molecule has 0 spiro atoms. The van der Waals surface area contributed by atoms with E-state index in [-0.39, 0.29) is 17.1 Å². The van der Waals surface area contributed by atoms with Crippen LogP contribution in [0.5, 0.6) is 0 Å². The summed E-state index contributed by atoms with van der Waals surface area (Å²) in [4.78, 5) is 2.70. The van der Waals surface area contributed by atoms with Crippen LogP contribution in [0.15, 0.2) is 34.3 Å². The summed E-state index contributed by atoms with van der Waals surface area (Å²) in [7, 11) is -3.41. The van der Waals surface area contributed by atoms with Gasteiger partial charge in [0, 0.05) is 17.0 Å². The number of nitriles is 1. The zero-order valence-electron chi connectivity index (χ0n) is 8.24. The van der Waals surface area contributed by atoms with Crippen molar-refractivity contribution < 1.29 is 8.42 Å². The normalized spacial score (nSPS) is 10.2. The Balaban J connectivity index is 2.98. The predicted molar refractivity (Wildman–Crippen MR) is 57.5 cm³/mol. The zero-order chi connectivity index (χ0) is 12.0. The first-order valence-electron chi connectivity index (χ1n) is 4.35. The molecule has 7 heteroatoms. The second-order valence-electron chi connectivity index (χ2n) is 2.91. The summed E-state index contributed by atoms with van der Waals surface area (Å²) in [6.07, 6.45) is -0.0412. The number of hydrogen-bond acceptors (Lipinski definition) is 4. The molecule has 0 fully saturated rings. The van der Waals surface area contributed by atoms with Gasteiger partial charge < -0.3 is 0 Å². The molecule has 0 saturated carbocycles. The summed E-state index contributed by atoms with van der Waals surface area (Å²) in [5.41, 5.74) is 8.52. The minimum absolute atomic E-state index is 0.0412. The van der Waals surface area contributed by atoms with Crippen molar-refractivity contribution in [2.75, 3.05) is 5.75 Å². The van der Waals surface area contributed by atoms with Crippen molar-refractivity contribution in [2.45, 2.75) is 11.3 Å². The summed E-state index contributed by atoms with van der Waals surface area (Å²) >= 11 is 0. The molecule has 0 aliphatic heterocycles.